The van der Waals surface area contributed by atoms with Gasteiger partial charge in [0, 0.05) is 18.0 Å². The van der Waals surface area contributed by atoms with Crippen molar-refractivity contribution >= 4 is 0 Å². The number of hydrogen-bond donors (Lipinski definition) is 1. The van der Waals surface area contributed by atoms with Crippen molar-refractivity contribution in [2.75, 3.05) is 13.7 Å². The first-order valence-corrected chi connectivity index (χ1v) is 6.08. The van der Waals surface area contributed by atoms with E-state index in [1.807, 2.05) is 12.1 Å². The van der Waals surface area contributed by atoms with Gasteiger partial charge < -0.3 is 10.1 Å². The van der Waals surface area contributed by atoms with Crippen LogP contribution in [0.4, 0.5) is 0 Å². The van der Waals surface area contributed by atoms with Gasteiger partial charge in [-0.05, 0) is 30.5 Å². The highest BCUT2D eigenvalue weighted by Crippen LogP contribution is 2.52. The van der Waals surface area contributed by atoms with Gasteiger partial charge in [-0.1, -0.05) is 12.1 Å². The first-order valence-electron chi connectivity index (χ1n) is 6.08. The van der Waals surface area contributed by atoms with Gasteiger partial charge in [0.1, 0.15) is 5.75 Å². The number of benzene rings is 1. The maximum atomic E-state index is 9.38. The second kappa shape index (κ2) is 3.75. The molecule has 1 aliphatic heterocycles. The van der Waals surface area contributed by atoms with E-state index < -0.39 is 0 Å². The standard InChI is InChI=1S/C14H16N2O/c1-17-11-4-2-3-10(7-11)12-9-16-14(5-6-14)13(12)8-15/h2-4,7,12-13,16H,5-6,9H2,1H3. The zero-order chi connectivity index (χ0) is 11.9. The maximum Gasteiger partial charge on any atom is 0.119 e. The first-order chi connectivity index (χ1) is 8.29. The average Bonchev–Trinajstić information content (AvgIpc) is 3.04. The Bertz CT molecular complexity index is 473. The molecule has 0 bridgehead atoms. The second-order valence-corrected chi connectivity index (χ2v) is 5.03. The molecule has 1 aliphatic carbocycles. The molecule has 2 fully saturated rings. The van der Waals surface area contributed by atoms with Gasteiger partial charge in [-0.15, -0.1) is 0 Å². The molecule has 1 saturated carbocycles. The summed E-state index contributed by atoms with van der Waals surface area (Å²) in [4.78, 5) is 0. The van der Waals surface area contributed by atoms with Gasteiger partial charge in [0.05, 0.1) is 19.1 Å². The van der Waals surface area contributed by atoms with Crippen LogP contribution in [0.2, 0.25) is 0 Å². The summed E-state index contributed by atoms with van der Waals surface area (Å²) >= 11 is 0. The van der Waals surface area contributed by atoms with Crippen molar-refractivity contribution in [3.8, 4) is 11.8 Å². The predicted octanol–water partition coefficient (Wildman–Crippen LogP) is 2.05. The van der Waals surface area contributed by atoms with Crippen molar-refractivity contribution < 1.29 is 4.74 Å². The first kappa shape index (κ1) is 10.6. The molecule has 17 heavy (non-hydrogen) atoms. The minimum Gasteiger partial charge on any atom is -0.497 e. The molecule has 1 spiro atoms. The second-order valence-electron chi connectivity index (χ2n) is 5.03. The van der Waals surface area contributed by atoms with Gasteiger partial charge >= 0.3 is 0 Å². The monoisotopic (exact) mass is 228 g/mol. The van der Waals surface area contributed by atoms with E-state index in [0.717, 1.165) is 25.1 Å². The van der Waals surface area contributed by atoms with Crippen molar-refractivity contribution in [3.05, 3.63) is 29.8 Å². The van der Waals surface area contributed by atoms with Crippen LogP contribution >= 0.6 is 0 Å². The molecule has 88 valence electrons. The Hall–Kier alpha value is -1.53. The van der Waals surface area contributed by atoms with E-state index in [1.165, 1.54) is 5.56 Å². The number of nitriles is 1. The Morgan fingerprint density at radius 3 is 2.94 bits per heavy atom. The van der Waals surface area contributed by atoms with Crippen molar-refractivity contribution in [1.29, 1.82) is 5.26 Å². The molecule has 0 aromatic heterocycles. The molecule has 1 aromatic carbocycles. The van der Waals surface area contributed by atoms with E-state index in [2.05, 4.69) is 23.5 Å². The highest BCUT2D eigenvalue weighted by Gasteiger charge is 2.56. The molecule has 2 atom stereocenters. The molecule has 3 rings (SSSR count). The molecule has 0 radical (unpaired) electrons. The van der Waals surface area contributed by atoms with Crippen molar-refractivity contribution in [1.82, 2.24) is 5.32 Å². The Labute approximate surface area is 101 Å². The lowest BCUT2D eigenvalue weighted by Gasteiger charge is -2.17. The molecule has 1 aromatic rings. The number of rotatable bonds is 2. The molecule has 3 heteroatoms. The number of nitrogens with zero attached hydrogens (tertiary/aromatic N) is 1. The largest absolute Gasteiger partial charge is 0.497 e. The highest BCUT2D eigenvalue weighted by molar-refractivity contribution is 5.36. The highest BCUT2D eigenvalue weighted by atomic mass is 16.5. The van der Waals surface area contributed by atoms with E-state index in [9.17, 15) is 5.26 Å². The molecule has 1 saturated heterocycles. The van der Waals surface area contributed by atoms with E-state index in [4.69, 9.17) is 4.74 Å². The summed E-state index contributed by atoms with van der Waals surface area (Å²) in [6, 6.07) is 10.6. The predicted molar refractivity (Wildman–Crippen MR) is 64.8 cm³/mol. The molecule has 3 nitrogen and oxygen atoms in total. The van der Waals surface area contributed by atoms with Crippen LogP contribution in [0.3, 0.4) is 0 Å². The van der Waals surface area contributed by atoms with E-state index in [0.29, 0.717) is 5.92 Å². The van der Waals surface area contributed by atoms with Gasteiger partial charge in [-0.2, -0.15) is 5.26 Å². The van der Waals surface area contributed by atoms with Gasteiger partial charge in [0.15, 0.2) is 0 Å². The van der Waals surface area contributed by atoms with E-state index in [1.54, 1.807) is 7.11 Å². The summed E-state index contributed by atoms with van der Waals surface area (Å²) in [6.45, 7) is 0.908. The molecular weight excluding hydrogens is 212 g/mol. The van der Waals surface area contributed by atoms with Crippen LogP contribution in [0.1, 0.15) is 24.3 Å². The third-order valence-electron chi connectivity index (χ3n) is 4.12. The summed E-state index contributed by atoms with van der Waals surface area (Å²) in [5.41, 5.74) is 1.34. The minimum absolute atomic E-state index is 0.106. The van der Waals surface area contributed by atoms with E-state index in [-0.39, 0.29) is 11.5 Å². The van der Waals surface area contributed by atoms with Crippen LogP contribution in [0.25, 0.3) is 0 Å². The number of ether oxygens (including phenoxy) is 1. The lowest BCUT2D eigenvalue weighted by Crippen LogP contribution is -2.28. The quantitative estimate of drug-likeness (QED) is 0.842. The fraction of sp³-hybridized carbons (Fsp3) is 0.500. The topological polar surface area (TPSA) is 45.0 Å². The Kier molecular flexibility index (Phi) is 2.34. The lowest BCUT2D eigenvalue weighted by molar-refractivity contribution is 0.413. The van der Waals surface area contributed by atoms with Gasteiger partial charge in [-0.3, -0.25) is 0 Å². The summed E-state index contributed by atoms with van der Waals surface area (Å²) < 4.78 is 5.25. The SMILES string of the molecule is COc1cccc(C2CNC3(CC3)C2C#N)c1. The van der Waals surface area contributed by atoms with Gasteiger partial charge in [0.25, 0.3) is 0 Å². The van der Waals surface area contributed by atoms with Crippen molar-refractivity contribution in [3.63, 3.8) is 0 Å². The van der Waals surface area contributed by atoms with Gasteiger partial charge in [0.2, 0.25) is 0 Å². The van der Waals surface area contributed by atoms with Gasteiger partial charge in [-0.25, -0.2) is 0 Å². The Morgan fingerprint density at radius 1 is 1.47 bits per heavy atom. The molecule has 2 unspecified atom stereocenters. The minimum atomic E-state index is 0.106. The fourth-order valence-electron chi connectivity index (χ4n) is 2.94. The summed E-state index contributed by atoms with van der Waals surface area (Å²) in [5, 5.41) is 12.9. The normalized spacial score (nSPS) is 28.9. The smallest absolute Gasteiger partial charge is 0.119 e. The molecule has 1 N–H and O–H groups in total. The van der Waals surface area contributed by atoms with Crippen LogP contribution in [-0.2, 0) is 0 Å². The Balaban J connectivity index is 1.91. The van der Waals surface area contributed by atoms with Crippen LogP contribution in [0.15, 0.2) is 24.3 Å². The molecule has 1 heterocycles. The third kappa shape index (κ3) is 1.60. The molecule has 2 aliphatic rings. The van der Waals surface area contributed by atoms with Crippen LogP contribution in [0.5, 0.6) is 5.75 Å². The molecular formula is C14H16N2O. The van der Waals surface area contributed by atoms with Crippen molar-refractivity contribution in [2.24, 2.45) is 5.92 Å². The zero-order valence-electron chi connectivity index (χ0n) is 9.94. The number of nitrogens with one attached hydrogen (secondary N) is 1. The fourth-order valence-corrected chi connectivity index (χ4v) is 2.94. The summed E-state index contributed by atoms with van der Waals surface area (Å²) in [7, 11) is 1.68. The van der Waals surface area contributed by atoms with Crippen LogP contribution < -0.4 is 10.1 Å². The third-order valence-corrected chi connectivity index (χ3v) is 4.12. The van der Waals surface area contributed by atoms with Crippen molar-refractivity contribution in [2.45, 2.75) is 24.3 Å². The van der Waals surface area contributed by atoms with E-state index >= 15 is 0 Å². The summed E-state index contributed by atoms with van der Waals surface area (Å²) in [5.74, 6) is 1.28. The number of hydrogen-bond acceptors (Lipinski definition) is 3. The van der Waals surface area contributed by atoms with Crippen LogP contribution in [0, 0.1) is 17.2 Å². The van der Waals surface area contributed by atoms with Crippen LogP contribution in [-0.4, -0.2) is 19.2 Å². The zero-order valence-corrected chi connectivity index (χ0v) is 9.94. The number of methoxy groups -OCH3 is 1. The Morgan fingerprint density at radius 2 is 2.29 bits per heavy atom. The average molecular weight is 228 g/mol. The molecule has 0 amide bonds. The maximum absolute atomic E-state index is 9.38. The lowest BCUT2D eigenvalue weighted by atomic mass is 9.85. The summed E-state index contributed by atoms with van der Waals surface area (Å²) in [6.07, 6.45) is 2.29.